The van der Waals surface area contributed by atoms with Crippen molar-refractivity contribution in [2.75, 3.05) is 18.1 Å². The number of rotatable bonds is 5. The van der Waals surface area contributed by atoms with Gasteiger partial charge in [0.05, 0.1) is 30.6 Å². The van der Waals surface area contributed by atoms with Crippen molar-refractivity contribution in [3.05, 3.63) is 53.9 Å². The fraction of sp³-hybridized carbons (Fsp3) is 0.400. The van der Waals surface area contributed by atoms with Crippen LogP contribution in [-0.4, -0.2) is 49.3 Å². The molecule has 5 rings (SSSR count). The third-order valence-corrected chi connectivity index (χ3v) is 5.79. The number of carbonyl (C=O) groups is 1. The molecule has 0 bridgehead atoms. The molecule has 0 radical (unpaired) electrons. The molecule has 0 aromatic carbocycles. The zero-order valence-corrected chi connectivity index (χ0v) is 15.8. The summed E-state index contributed by atoms with van der Waals surface area (Å²) in [6.07, 6.45) is 9.52. The van der Waals surface area contributed by atoms with E-state index < -0.39 is 5.54 Å². The number of anilines is 1. The van der Waals surface area contributed by atoms with Gasteiger partial charge in [0.15, 0.2) is 5.65 Å². The zero-order chi connectivity index (χ0) is 20.0. The Kier molecular flexibility index (Phi) is 4.20. The van der Waals surface area contributed by atoms with Gasteiger partial charge in [-0.2, -0.15) is 5.10 Å². The summed E-state index contributed by atoms with van der Waals surface area (Å²) in [7, 11) is 0. The van der Waals surface area contributed by atoms with E-state index in [0.29, 0.717) is 17.0 Å². The van der Waals surface area contributed by atoms with Crippen LogP contribution in [0.3, 0.4) is 0 Å². The van der Waals surface area contributed by atoms with Crippen molar-refractivity contribution in [1.29, 1.82) is 0 Å². The third-order valence-electron chi connectivity index (χ3n) is 5.79. The number of fused-ring (bicyclic) bond motifs is 1. The average Bonchev–Trinajstić information content (AvgIpc) is 3.15. The highest BCUT2D eigenvalue weighted by Crippen LogP contribution is 2.36. The van der Waals surface area contributed by atoms with Gasteiger partial charge in [-0.15, -0.1) is 0 Å². The monoisotopic (exact) mass is 396 g/mol. The molecular formula is C20H21FN6O2. The number of nitrogens with one attached hydrogen (secondary N) is 1. The van der Waals surface area contributed by atoms with Crippen molar-refractivity contribution in [3.8, 4) is 0 Å². The second-order valence-corrected chi connectivity index (χ2v) is 7.79. The molecule has 2 aliphatic rings. The van der Waals surface area contributed by atoms with Crippen molar-refractivity contribution < 1.29 is 14.3 Å². The number of amides is 1. The third kappa shape index (κ3) is 3.21. The lowest BCUT2D eigenvalue weighted by atomic mass is 10.1. The van der Waals surface area contributed by atoms with Gasteiger partial charge < -0.3 is 15.3 Å². The smallest absolute Gasteiger partial charge is 0.257 e. The lowest BCUT2D eigenvalue weighted by molar-refractivity contribution is 0.0908. The molecule has 150 valence electrons. The van der Waals surface area contributed by atoms with E-state index in [4.69, 9.17) is 4.98 Å². The van der Waals surface area contributed by atoms with Crippen LogP contribution in [0.25, 0.3) is 5.65 Å². The molecule has 9 heteroatoms. The molecule has 1 atom stereocenters. The van der Waals surface area contributed by atoms with E-state index in [0.717, 1.165) is 37.8 Å². The highest BCUT2D eigenvalue weighted by atomic mass is 19.1. The minimum Gasteiger partial charge on any atom is -0.394 e. The van der Waals surface area contributed by atoms with Crippen LogP contribution in [0.2, 0.25) is 0 Å². The average molecular weight is 396 g/mol. The standard InChI is InChI=1S/C20H21FN6O2/c21-14-8-13(9-22-10-14)16-2-1-6-26(16)17-3-7-27-18(24-17)15(11-23-27)19(29)25-20(12-28)4-5-20/h3,7-11,16,28H,1-2,4-6,12H2,(H,25,29)/t16-/m1/s1. The second-order valence-electron chi connectivity index (χ2n) is 7.79. The second kappa shape index (κ2) is 6.77. The summed E-state index contributed by atoms with van der Waals surface area (Å²) in [6, 6.07) is 3.34. The van der Waals surface area contributed by atoms with E-state index in [1.807, 2.05) is 6.07 Å². The maximum atomic E-state index is 13.7. The van der Waals surface area contributed by atoms with E-state index in [2.05, 4.69) is 20.3 Å². The Morgan fingerprint density at radius 3 is 2.97 bits per heavy atom. The van der Waals surface area contributed by atoms with Gasteiger partial charge in [0.25, 0.3) is 5.91 Å². The number of pyridine rings is 1. The Labute approximate surface area is 166 Å². The van der Waals surface area contributed by atoms with E-state index in [-0.39, 0.29) is 24.4 Å². The number of nitrogens with zero attached hydrogens (tertiary/aromatic N) is 5. The molecule has 0 spiro atoms. The summed E-state index contributed by atoms with van der Waals surface area (Å²) in [5, 5.41) is 16.6. The van der Waals surface area contributed by atoms with Gasteiger partial charge in [-0.25, -0.2) is 13.9 Å². The molecule has 4 heterocycles. The molecule has 0 unspecified atom stereocenters. The molecule has 1 aliphatic heterocycles. The normalized spacial score (nSPS) is 20.2. The van der Waals surface area contributed by atoms with Crippen LogP contribution < -0.4 is 10.2 Å². The van der Waals surface area contributed by atoms with Crippen LogP contribution in [0, 0.1) is 5.82 Å². The molecule has 2 fully saturated rings. The summed E-state index contributed by atoms with van der Waals surface area (Å²) >= 11 is 0. The minimum atomic E-state index is -0.507. The van der Waals surface area contributed by atoms with E-state index >= 15 is 0 Å². The largest absolute Gasteiger partial charge is 0.394 e. The van der Waals surface area contributed by atoms with E-state index in [9.17, 15) is 14.3 Å². The van der Waals surface area contributed by atoms with Crippen molar-refractivity contribution in [2.24, 2.45) is 0 Å². The first-order valence-electron chi connectivity index (χ1n) is 9.73. The number of hydrogen-bond donors (Lipinski definition) is 2. The quantitative estimate of drug-likeness (QED) is 0.684. The lowest BCUT2D eigenvalue weighted by Crippen LogP contribution is -2.39. The van der Waals surface area contributed by atoms with Gasteiger partial charge in [-0.3, -0.25) is 9.78 Å². The molecule has 3 aromatic heterocycles. The molecular weight excluding hydrogens is 375 g/mol. The van der Waals surface area contributed by atoms with E-state index in [1.165, 1.54) is 18.5 Å². The molecule has 29 heavy (non-hydrogen) atoms. The number of halogens is 1. The minimum absolute atomic E-state index is 0.0162. The number of hydrogen-bond acceptors (Lipinski definition) is 6. The van der Waals surface area contributed by atoms with Crippen molar-refractivity contribution in [2.45, 2.75) is 37.3 Å². The molecule has 1 aliphatic carbocycles. The molecule has 1 saturated heterocycles. The van der Waals surface area contributed by atoms with Gasteiger partial charge in [0.1, 0.15) is 17.2 Å². The molecule has 3 aromatic rings. The van der Waals surface area contributed by atoms with Crippen LogP contribution >= 0.6 is 0 Å². The summed E-state index contributed by atoms with van der Waals surface area (Å²) in [6.45, 7) is 0.710. The van der Waals surface area contributed by atoms with Gasteiger partial charge in [-0.05, 0) is 43.4 Å². The molecule has 1 amide bonds. The highest BCUT2D eigenvalue weighted by molar-refractivity contribution is 6.00. The van der Waals surface area contributed by atoms with Crippen LogP contribution in [0.15, 0.2) is 36.9 Å². The van der Waals surface area contributed by atoms with Crippen molar-refractivity contribution >= 4 is 17.4 Å². The van der Waals surface area contributed by atoms with Gasteiger partial charge in [0.2, 0.25) is 0 Å². The first kappa shape index (κ1) is 18.0. The zero-order valence-electron chi connectivity index (χ0n) is 15.8. The number of carbonyl (C=O) groups excluding carboxylic acids is 1. The fourth-order valence-corrected chi connectivity index (χ4v) is 3.96. The molecule has 2 N–H and O–H groups in total. The Balaban J connectivity index is 1.47. The number of aromatic nitrogens is 4. The summed E-state index contributed by atoms with van der Waals surface area (Å²) in [4.78, 5) is 23.5. The Hall–Kier alpha value is -3.07. The van der Waals surface area contributed by atoms with Gasteiger partial charge in [0, 0.05) is 18.9 Å². The first-order chi connectivity index (χ1) is 14.1. The predicted molar refractivity (Wildman–Crippen MR) is 103 cm³/mol. The topological polar surface area (TPSA) is 95.6 Å². The fourth-order valence-electron chi connectivity index (χ4n) is 3.96. The predicted octanol–water partition coefficient (Wildman–Crippen LogP) is 1.86. The van der Waals surface area contributed by atoms with Crippen LogP contribution in [-0.2, 0) is 0 Å². The van der Waals surface area contributed by atoms with E-state index in [1.54, 1.807) is 16.9 Å². The summed E-state index contributed by atoms with van der Waals surface area (Å²) in [5.74, 6) is 0.0657. The summed E-state index contributed by atoms with van der Waals surface area (Å²) < 4.78 is 15.2. The molecule has 1 saturated carbocycles. The van der Waals surface area contributed by atoms with Crippen molar-refractivity contribution in [1.82, 2.24) is 24.9 Å². The Bertz CT molecular complexity index is 1080. The number of aliphatic hydroxyl groups excluding tert-OH is 1. The maximum Gasteiger partial charge on any atom is 0.257 e. The SMILES string of the molecule is O=C(NC1(CO)CC1)c1cnn2ccc(N3CCC[C@@H]3c3cncc(F)c3)nc12. The highest BCUT2D eigenvalue weighted by Gasteiger charge is 2.44. The van der Waals surface area contributed by atoms with Crippen LogP contribution in [0.5, 0.6) is 0 Å². The van der Waals surface area contributed by atoms with Crippen LogP contribution in [0.1, 0.15) is 47.6 Å². The lowest BCUT2D eigenvalue weighted by Gasteiger charge is -2.26. The van der Waals surface area contributed by atoms with Crippen molar-refractivity contribution in [3.63, 3.8) is 0 Å². The summed E-state index contributed by atoms with van der Waals surface area (Å²) in [5.41, 5.74) is 1.13. The van der Waals surface area contributed by atoms with Gasteiger partial charge in [-0.1, -0.05) is 0 Å². The Morgan fingerprint density at radius 1 is 1.34 bits per heavy atom. The Morgan fingerprint density at radius 2 is 2.21 bits per heavy atom. The van der Waals surface area contributed by atoms with Gasteiger partial charge >= 0.3 is 0 Å². The maximum absolute atomic E-state index is 13.7. The first-order valence-corrected chi connectivity index (χ1v) is 9.73. The number of aliphatic hydroxyl groups is 1. The molecule has 8 nitrogen and oxygen atoms in total. The van der Waals surface area contributed by atoms with Crippen LogP contribution in [0.4, 0.5) is 10.2 Å².